The molecular weight excluding hydrogens is 545 g/mol. The van der Waals surface area contributed by atoms with Crippen molar-refractivity contribution in [1.29, 1.82) is 0 Å². The first kappa shape index (κ1) is 31.6. The van der Waals surface area contributed by atoms with Crippen LogP contribution < -0.4 is 14.4 Å². The number of carbonyl (C=O) groups is 2. The first-order valence-electron chi connectivity index (χ1n) is 13.6. The SMILES string of the molecule is CC[C@H](C)NC(=O)[C@H](CC)N(Cc1ccc(F)cc1)C(=O)CN(c1ccc(C)cc1)S(=O)(=O)c1ccc(OC)cc1. The van der Waals surface area contributed by atoms with Crippen LogP contribution in [-0.4, -0.2) is 50.9 Å². The highest BCUT2D eigenvalue weighted by atomic mass is 32.2. The molecule has 41 heavy (non-hydrogen) atoms. The lowest BCUT2D eigenvalue weighted by Crippen LogP contribution is -2.53. The van der Waals surface area contributed by atoms with E-state index in [9.17, 15) is 22.4 Å². The molecule has 0 saturated carbocycles. The molecule has 0 aliphatic carbocycles. The molecule has 0 bridgehead atoms. The van der Waals surface area contributed by atoms with Gasteiger partial charge in [-0.3, -0.25) is 13.9 Å². The molecule has 3 aromatic carbocycles. The average Bonchev–Trinajstić information content (AvgIpc) is 2.97. The summed E-state index contributed by atoms with van der Waals surface area (Å²) >= 11 is 0. The molecule has 0 aliphatic heterocycles. The summed E-state index contributed by atoms with van der Waals surface area (Å²) in [4.78, 5) is 28.7. The minimum Gasteiger partial charge on any atom is -0.497 e. The van der Waals surface area contributed by atoms with Crippen molar-refractivity contribution in [2.75, 3.05) is 18.0 Å². The molecule has 3 aromatic rings. The molecule has 0 saturated heterocycles. The molecule has 0 heterocycles. The maximum absolute atomic E-state index is 14.0. The summed E-state index contributed by atoms with van der Waals surface area (Å²) in [5.41, 5.74) is 1.83. The van der Waals surface area contributed by atoms with E-state index in [2.05, 4.69) is 5.32 Å². The number of sulfonamides is 1. The number of hydrogen-bond acceptors (Lipinski definition) is 5. The summed E-state index contributed by atoms with van der Waals surface area (Å²) < 4.78 is 47.7. The van der Waals surface area contributed by atoms with E-state index in [4.69, 9.17) is 4.74 Å². The number of nitrogens with zero attached hydrogens (tertiary/aromatic N) is 2. The van der Waals surface area contributed by atoms with E-state index in [-0.39, 0.29) is 23.4 Å². The highest BCUT2D eigenvalue weighted by molar-refractivity contribution is 7.92. The van der Waals surface area contributed by atoms with Crippen molar-refractivity contribution in [3.05, 3.63) is 89.7 Å². The normalized spacial score (nSPS) is 12.7. The van der Waals surface area contributed by atoms with Crippen molar-refractivity contribution in [2.45, 2.75) is 64.1 Å². The number of carbonyl (C=O) groups excluding carboxylic acids is 2. The van der Waals surface area contributed by atoms with Crippen molar-refractivity contribution in [2.24, 2.45) is 0 Å². The summed E-state index contributed by atoms with van der Waals surface area (Å²) in [7, 11) is -2.71. The smallest absolute Gasteiger partial charge is 0.264 e. The minimum absolute atomic E-state index is 0.00410. The van der Waals surface area contributed by atoms with Crippen LogP contribution in [0.5, 0.6) is 5.75 Å². The molecule has 0 unspecified atom stereocenters. The van der Waals surface area contributed by atoms with Gasteiger partial charge in [-0.1, -0.05) is 43.7 Å². The Morgan fingerprint density at radius 1 is 0.927 bits per heavy atom. The van der Waals surface area contributed by atoms with E-state index in [1.807, 2.05) is 20.8 Å². The molecule has 2 amide bonds. The quantitative estimate of drug-likeness (QED) is 0.304. The largest absolute Gasteiger partial charge is 0.497 e. The second kappa shape index (κ2) is 14.1. The molecular formula is C31H38FN3O5S. The Hall–Kier alpha value is -3.92. The summed E-state index contributed by atoms with van der Waals surface area (Å²) in [6.07, 6.45) is 1.00. The molecule has 3 rings (SSSR count). The van der Waals surface area contributed by atoms with Crippen molar-refractivity contribution in [3.63, 3.8) is 0 Å². The Balaban J connectivity index is 2.05. The Bertz CT molecular complexity index is 1410. The average molecular weight is 584 g/mol. The third kappa shape index (κ3) is 8.07. The molecule has 0 spiro atoms. The molecule has 1 N–H and O–H groups in total. The number of rotatable bonds is 13. The zero-order valence-electron chi connectivity index (χ0n) is 24.1. The Morgan fingerprint density at radius 3 is 2.07 bits per heavy atom. The van der Waals surface area contributed by atoms with Crippen LogP contribution in [0, 0.1) is 12.7 Å². The maximum atomic E-state index is 14.0. The van der Waals surface area contributed by atoms with E-state index < -0.39 is 34.3 Å². The summed E-state index contributed by atoms with van der Waals surface area (Å²) in [5, 5.41) is 2.93. The molecule has 220 valence electrons. The summed E-state index contributed by atoms with van der Waals surface area (Å²) in [5.74, 6) is -0.842. The highest BCUT2D eigenvalue weighted by Crippen LogP contribution is 2.26. The predicted molar refractivity (Wildman–Crippen MR) is 158 cm³/mol. The third-order valence-electron chi connectivity index (χ3n) is 6.90. The van der Waals surface area contributed by atoms with Gasteiger partial charge in [-0.25, -0.2) is 12.8 Å². The standard InChI is InChI=1S/C31H38FN3O5S/c1-6-23(4)33-31(37)29(7-2)34(20-24-10-12-25(32)13-11-24)30(36)21-35(26-14-8-22(3)9-15-26)41(38,39)28-18-16-27(40-5)17-19-28/h8-19,23,29H,6-7,20-21H2,1-5H3,(H,33,37)/t23-,29-/m0/s1. The molecule has 0 radical (unpaired) electrons. The van der Waals surface area contributed by atoms with Gasteiger partial charge in [0.05, 0.1) is 17.7 Å². The van der Waals surface area contributed by atoms with Crippen LogP contribution in [0.25, 0.3) is 0 Å². The van der Waals surface area contributed by atoms with Gasteiger partial charge in [-0.05, 0) is 80.8 Å². The van der Waals surface area contributed by atoms with Crippen LogP contribution in [-0.2, 0) is 26.2 Å². The number of halogens is 1. The van der Waals surface area contributed by atoms with Gasteiger partial charge < -0.3 is 15.0 Å². The number of anilines is 1. The van der Waals surface area contributed by atoms with Crippen molar-refractivity contribution >= 4 is 27.5 Å². The molecule has 0 aromatic heterocycles. The van der Waals surface area contributed by atoms with Gasteiger partial charge in [0.15, 0.2) is 0 Å². The fraction of sp³-hybridized carbons (Fsp3) is 0.355. The minimum atomic E-state index is -4.19. The van der Waals surface area contributed by atoms with Gasteiger partial charge in [0.1, 0.15) is 24.2 Å². The second-order valence-corrected chi connectivity index (χ2v) is 11.8. The molecule has 0 aliphatic rings. The number of methoxy groups -OCH3 is 1. The van der Waals surface area contributed by atoms with Crippen molar-refractivity contribution in [3.8, 4) is 5.75 Å². The van der Waals surface area contributed by atoms with Crippen molar-refractivity contribution in [1.82, 2.24) is 10.2 Å². The van der Waals surface area contributed by atoms with Crippen LogP contribution in [0.2, 0.25) is 0 Å². The van der Waals surface area contributed by atoms with Crippen LogP contribution in [0.3, 0.4) is 0 Å². The van der Waals surface area contributed by atoms with E-state index in [0.717, 1.165) is 9.87 Å². The lowest BCUT2D eigenvalue weighted by Gasteiger charge is -2.33. The molecule has 8 nitrogen and oxygen atoms in total. The highest BCUT2D eigenvalue weighted by Gasteiger charge is 2.34. The Kier molecular flexibility index (Phi) is 10.9. The zero-order valence-corrected chi connectivity index (χ0v) is 24.9. The number of hydrogen-bond donors (Lipinski definition) is 1. The second-order valence-electron chi connectivity index (χ2n) is 9.91. The van der Waals surface area contributed by atoms with Gasteiger partial charge in [0.2, 0.25) is 11.8 Å². The number of benzene rings is 3. The fourth-order valence-corrected chi connectivity index (χ4v) is 5.68. The van der Waals surface area contributed by atoms with E-state index in [0.29, 0.717) is 29.8 Å². The summed E-state index contributed by atoms with van der Waals surface area (Å²) in [6, 6.07) is 17.4. The number of aryl methyl sites for hydroxylation is 1. The first-order chi connectivity index (χ1) is 19.5. The van der Waals surface area contributed by atoms with E-state index in [1.165, 1.54) is 48.4 Å². The van der Waals surface area contributed by atoms with Gasteiger partial charge in [-0.2, -0.15) is 0 Å². The number of amides is 2. The monoisotopic (exact) mass is 583 g/mol. The number of nitrogens with one attached hydrogen (secondary N) is 1. The van der Waals surface area contributed by atoms with Gasteiger partial charge in [0.25, 0.3) is 10.0 Å². The predicted octanol–water partition coefficient (Wildman–Crippen LogP) is 5.06. The van der Waals surface area contributed by atoms with Crippen LogP contribution in [0.1, 0.15) is 44.7 Å². The van der Waals surface area contributed by atoms with Gasteiger partial charge >= 0.3 is 0 Å². The Morgan fingerprint density at radius 2 is 1.54 bits per heavy atom. The first-order valence-corrected chi connectivity index (χ1v) is 15.0. The zero-order chi connectivity index (χ0) is 30.2. The van der Waals surface area contributed by atoms with Gasteiger partial charge in [0, 0.05) is 12.6 Å². The molecule has 0 fully saturated rings. The molecule has 2 atom stereocenters. The van der Waals surface area contributed by atoms with E-state index in [1.54, 1.807) is 43.3 Å². The summed E-state index contributed by atoms with van der Waals surface area (Å²) in [6.45, 7) is 6.93. The van der Waals surface area contributed by atoms with Crippen LogP contribution in [0.4, 0.5) is 10.1 Å². The fourth-order valence-electron chi connectivity index (χ4n) is 4.26. The lowest BCUT2D eigenvalue weighted by atomic mass is 10.1. The maximum Gasteiger partial charge on any atom is 0.264 e. The van der Waals surface area contributed by atoms with Gasteiger partial charge in [-0.15, -0.1) is 0 Å². The Labute approximate surface area is 242 Å². The van der Waals surface area contributed by atoms with Crippen LogP contribution in [0.15, 0.2) is 77.7 Å². The topological polar surface area (TPSA) is 96.0 Å². The third-order valence-corrected chi connectivity index (χ3v) is 8.69. The molecule has 10 heteroatoms. The van der Waals surface area contributed by atoms with E-state index >= 15 is 0 Å². The lowest BCUT2D eigenvalue weighted by molar-refractivity contribution is -0.140. The van der Waals surface area contributed by atoms with Crippen LogP contribution >= 0.6 is 0 Å². The number of ether oxygens (including phenoxy) is 1. The van der Waals surface area contributed by atoms with Crippen molar-refractivity contribution < 1.29 is 27.1 Å².